The Morgan fingerprint density at radius 3 is 2.65 bits per heavy atom. The number of benzene rings is 1. The number of nitrogens with two attached hydrogens (primary N) is 1. The second-order valence-electron chi connectivity index (χ2n) is 4.52. The van der Waals surface area contributed by atoms with Gasteiger partial charge in [0.05, 0.1) is 12.6 Å². The third-order valence-corrected chi connectivity index (χ3v) is 3.21. The van der Waals surface area contributed by atoms with Crippen LogP contribution < -0.4 is 10.5 Å². The first kappa shape index (κ1) is 12.3. The van der Waals surface area contributed by atoms with Crippen molar-refractivity contribution < 1.29 is 4.74 Å². The molecule has 3 rings (SSSR count). The fourth-order valence-corrected chi connectivity index (χ4v) is 2.13. The molecule has 20 heavy (non-hydrogen) atoms. The first-order valence-electron chi connectivity index (χ1n) is 6.20. The molecule has 100 valence electrons. The molecule has 0 fully saturated rings. The molecule has 2 heterocycles. The normalized spacial score (nSPS) is 10.7. The van der Waals surface area contributed by atoms with Gasteiger partial charge in [-0.3, -0.25) is 4.98 Å². The largest absolute Gasteiger partial charge is 0.496 e. The molecule has 0 saturated heterocycles. The first-order chi connectivity index (χ1) is 9.69. The van der Waals surface area contributed by atoms with Crippen molar-refractivity contribution >= 4 is 16.7 Å². The van der Waals surface area contributed by atoms with E-state index in [-0.39, 0.29) is 0 Å². The van der Waals surface area contributed by atoms with Crippen LogP contribution in [0.5, 0.6) is 5.75 Å². The van der Waals surface area contributed by atoms with Crippen molar-refractivity contribution in [1.29, 1.82) is 0 Å². The zero-order valence-corrected chi connectivity index (χ0v) is 11.3. The number of nitrogens with zero attached hydrogens (tertiary/aromatic N) is 3. The minimum Gasteiger partial charge on any atom is -0.496 e. The average Bonchev–Trinajstić information content (AvgIpc) is 2.47. The van der Waals surface area contributed by atoms with Crippen molar-refractivity contribution in [2.24, 2.45) is 0 Å². The van der Waals surface area contributed by atoms with Gasteiger partial charge >= 0.3 is 0 Å². The van der Waals surface area contributed by atoms with Crippen LogP contribution in [-0.4, -0.2) is 22.1 Å². The lowest BCUT2D eigenvalue weighted by Gasteiger charge is -2.11. The summed E-state index contributed by atoms with van der Waals surface area (Å²) in [6.07, 6.45) is 3.27. The summed E-state index contributed by atoms with van der Waals surface area (Å²) in [5.41, 5.74) is 9.54. The van der Waals surface area contributed by atoms with Gasteiger partial charge in [-0.1, -0.05) is 6.07 Å². The van der Waals surface area contributed by atoms with E-state index in [2.05, 4.69) is 15.0 Å². The summed E-state index contributed by atoms with van der Waals surface area (Å²) in [5, 5.41) is 0.809. The van der Waals surface area contributed by atoms with Gasteiger partial charge in [0.15, 0.2) is 0 Å². The van der Waals surface area contributed by atoms with Gasteiger partial charge in [-0.25, -0.2) is 9.97 Å². The Kier molecular flexibility index (Phi) is 2.95. The highest BCUT2D eigenvalue weighted by Crippen LogP contribution is 2.34. The quantitative estimate of drug-likeness (QED) is 0.771. The van der Waals surface area contributed by atoms with E-state index in [0.29, 0.717) is 5.82 Å². The van der Waals surface area contributed by atoms with Crippen LogP contribution in [0, 0.1) is 6.92 Å². The third-order valence-electron chi connectivity index (χ3n) is 3.21. The molecule has 0 aliphatic heterocycles. The van der Waals surface area contributed by atoms with Crippen molar-refractivity contribution in [3.63, 3.8) is 0 Å². The molecule has 0 saturated carbocycles. The maximum atomic E-state index is 5.91. The van der Waals surface area contributed by atoms with Crippen LogP contribution in [0.3, 0.4) is 0 Å². The maximum Gasteiger partial charge on any atom is 0.134 e. The highest BCUT2D eigenvalue weighted by molar-refractivity contribution is 5.94. The fourth-order valence-electron chi connectivity index (χ4n) is 2.13. The number of methoxy groups -OCH3 is 1. The molecular weight excluding hydrogens is 252 g/mol. The summed E-state index contributed by atoms with van der Waals surface area (Å²) in [7, 11) is 1.64. The Bertz CT molecular complexity index is 769. The lowest BCUT2D eigenvalue weighted by atomic mass is 10.0. The van der Waals surface area contributed by atoms with Crippen LogP contribution in [0.2, 0.25) is 0 Å². The highest BCUT2D eigenvalue weighted by atomic mass is 16.5. The third kappa shape index (κ3) is 2.03. The van der Waals surface area contributed by atoms with Crippen LogP contribution in [0.4, 0.5) is 5.82 Å². The number of hydrogen-bond donors (Lipinski definition) is 1. The van der Waals surface area contributed by atoms with Gasteiger partial charge in [-0.15, -0.1) is 0 Å². The van der Waals surface area contributed by atoms with Crippen LogP contribution in [-0.2, 0) is 0 Å². The van der Waals surface area contributed by atoms with Gasteiger partial charge in [-0.2, -0.15) is 0 Å². The standard InChI is InChI=1S/C15H14N4O/c1-9-3-4-10(7-17-9)11-5-12-13(6-14(11)20-2)18-8-19-15(12)16/h3-8H,1-2H3,(H2,16,18,19). The van der Waals surface area contributed by atoms with Crippen LogP contribution in [0.15, 0.2) is 36.8 Å². The predicted octanol–water partition coefficient (Wildman–Crippen LogP) is 2.59. The van der Waals surface area contributed by atoms with Crippen molar-refractivity contribution in [3.05, 3.63) is 42.5 Å². The van der Waals surface area contributed by atoms with E-state index in [4.69, 9.17) is 10.5 Å². The maximum absolute atomic E-state index is 5.91. The topological polar surface area (TPSA) is 73.9 Å². The molecule has 3 aromatic rings. The summed E-state index contributed by atoms with van der Waals surface area (Å²) in [5.74, 6) is 1.19. The number of rotatable bonds is 2. The smallest absolute Gasteiger partial charge is 0.134 e. The SMILES string of the molecule is COc1cc2ncnc(N)c2cc1-c1ccc(C)nc1. The monoisotopic (exact) mass is 266 g/mol. The van der Waals surface area contributed by atoms with E-state index in [9.17, 15) is 0 Å². The van der Waals surface area contributed by atoms with E-state index in [1.54, 1.807) is 7.11 Å². The van der Waals surface area contributed by atoms with E-state index in [1.807, 2.05) is 37.4 Å². The van der Waals surface area contributed by atoms with Crippen molar-refractivity contribution in [2.75, 3.05) is 12.8 Å². The molecule has 0 unspecified atom stereocenters. The number of hydrogen-bond acceptors (Lipinski definition) is 5. The molecule has 0 aliphatic carbocycles. The summed E-state index contributed by atoms with van der Waals surface area (Å²) >= 11 is 0. The van der Waals surface area contributed by atoms with Gasteiger partial charge < -0.3 is 10.5 Å². The second kappa shape index (κ2) is 4.77. The molecule has 2 N–H and O–H groups in total. The molecule has 0 atom stereocenters. The van der Waals surface area contributed by atoms with E-state index >= 15 is 0 Å². The number of anilines is 1. The van der Waals surface area contributed by atoms with Gasteiger partial charge in [0, 0.05) is 34.5 Å². The Morgan fingerprint density at radius 1 is 1.10 bits per heavy atom. The molecule has 0 amide bonds. The lowest BCUT2D eigenvalue weighted by molar-refractivity contribution is 0.417. The molecule has 0 bridgehead atoms. The Hall–Kier alpha value is -2.69. The Labute approximate surface area is 116 Å². The zero-order chi connectivity index (χ0) is 14.1. The van der Waals surface area contributed by atoms with Gasteiger partial charge in [0.25, 0.3) is 0 Å². The number of pyridine rings is 1. The van der Waals surface area contributed by atoms with E-state index in [0.717, 1.165) is 33.5 Å². The molecule has 0 spiro atoms. The Morgan fingerprint density at radius 2 is 1.95 bits per heavy atom. The molecule has 0 radical (unpaired) electrons. The summed E-state index contributed by atoms with van der Waals surface area (Å²) in [6, 6.07) is 7.77. The van der Waals surface area contributed by atoms with E-state index in [1.165, 1.54) is 6.33 Å². The lowest BCUT2D eigenvalue weighted by Crippen LogP contribution is -1.96. The van der Waals surface area contributed by atoms with Crippen LogP contribution >= 0.6 is 0 Å². The second-order valence-corrected chi connectivity index (χ2v) is 4.52. The number of nitrogen functional groups attached to an aromatic ring is 1. The Balaban J connectivity index is 2.28. The van der Waals surface area contributed by atoms with Gasteiger partial charge in [-0.05, 0) is 19.1 Å². The highest BCUT2D eigenvalue weighted by Gasteiger charge is 2.11. The number of fused-ring (bicyclic) bond motifs is 1. The molecule has 2 aromatic heterocycles. The van der Waals surface area contributed by atoms with Crippen molar-refractivity contribution in [1.82, 2.24) is 15.0 Å². The summed E-state index contributed by atoms with van der Waals surface area (Å²) in [4.78, 5) is 12.6. The molecule has 1 aromatic carbocycles. The van der Waals surface area contributed by atoms with Crippen LogP contribution in [0.1, 0.15) is 5.69 Å². The molecule has 5 nitrogen and oxygen atoms in total. The summed E-state index contributed by atoms with van der Waals surface area (Å²) < 4.78 is 5.45. The molecular formula is C15H14N4O. The molecule has 0 aliphatic rings. The van der Waals surface area contributed by atoms with Gasteiger partial charge in [0.1, 0.15) is 17.9 Å². The van der Waals surface area contributed by atoms with Crippen molar-refractivity contribution in [3.8, 4) is 16.9 Å². The van der Waals surface area contributed by atoms with Crippen molar-refractivity contribution in [2.45, 2.75) is 6.92 Å². The van der Waals surface area contributed by atoms with Crippen LogP contribution in [0.25, 0.3) is 22.0 Å². The minimum absolute atomic E-state index is 0.457. The average molecular weight is 266 g/mol. The number of ether oxygens (including phenoxy) is 1. The van der Waals surface area contributed by atoms with E-state index < -0.39 is 0 Å². The fraction of sp³-hybridized carbons (Fsp3) is 0.133. The number of aryl methyl sites for hydroxylation is 1. The summed E-state index contributed by atoms with van der Waals surface area (Å²) in [6.45, 7) is 1.95. The molecule has 5 heteroatoms. The van der Waals surface area contributed by atoms with Gasteiger partial charge in [0.2, 0.25) is 0 Å². The number of aromatic nitrogens is 3. The zero-order valence-electron chi connectivity index (χ0n) is 11.3. The first-order valence-corrected chi connectivity index (χ1v) is 6.20. The minimum atomic E-state index is 0.457. The predicted molar refractivity (Wildman–Crippen MR) is 78.5 cm³/mol.